The van der Waals surface area contributed by atoms with Crippen LogP contribution in [0.25, 0.3) is 10.9 Å². The van der Waals surface area contributed by atoms with Crippen LogP contribution in [0.5, 0.6) is 5.75 Å². The van der Waals surface area contributed by atoms with E-state index in [0.29, 0.717) is 40.9 Å². The highest BCUT2D eigenvalue weighted by molar-refractivity contribution is 6.06. The molecule has 2 aliphatic rings. The number of carbonyl (C=O) groups is 1. The number of hydrogen-bond donors (Lipinski definition) is 1. The zero-order valence-corrected chi connectivity index (χ0v) is 13.3. The summed E-state index contributed by atoms with van der Waals surface area (Å²) in [7, 11) is 2.14. The number of Topliss-reactive ketones (excluding diaryl/α,β-unsaturated/α-hetero) is 1. The molecule has 4 rings (SSSR count). The predicted molar refractivity (Wildman–Crippen MR) is 84.3 cm³/mol. The molecule has 128 valence electrons. The third kappa shape index (κ3) is 2.66. The first-order valence-corrected chi connectivity index (χ1v) is 8.17. The normalized spacial score (nSPS) is 26.6. The van der Waals surface area contributed by atoms with E-state index < -0.39 is 6.61 Å². The van der Waals surface area contributed by atoms with Gasteiger partial charge in [0.25, 0.3) is 0 Å². The van der Waals surface area contributed by atoms with Gasteiger partial charge in [0.05, 0.1) is 5.52 Å². The van der Waals surface area contributed by atoms with Crippen LogP contribution in [0.1, 0.15) is 29.8 Å². The molecule has 1 saturated heterocycles. The highest BCUT2D eigenvalue weighted by Gasteiger charge is 2.43. The minimum absolute atomic E-state index is 0.0176. The van der Waals surface area contributed by atoms with Crippen LogP contribution in [0.3, 0.4) is 0 Å². The van der Waals surface area contributed by atoms with Gasteiger partial charge in [0.15, 0.2) is 5.78 Å². The number of H-pyrrole nitrogens is 1. The van der Waals surface area contributed by atoms with Crippen molar-refractivity contribution in [3.63, 3.8) is 0 Å². The van der Waals surface area contributed by atoms with E-state index in [1.54, 1.807) is 6.07 Å². The summed E-state index contributed by atoms with van der Waals surface area (Å²) in [6, 6.07) is 5.10. The van der Waals surface area contributed by atoms with Gasteiger partial charge in [-0.3, -0.25) is 9.89 Å². The van der Waals surface area contributed by atoms with Gasteiger partial charge >= 0.3 is 6.61 Å². The Kier molecular flexibility index (Phi) is 3.75. The van der Waals surface area contributed by atoms with E-state index in [-0.39, 0.29) is 11.5 Å². The Morgan fingerprint density at radius 2 is 2.29 bits per heavy atom. The molecule has 0 amide bonds. The average molecular weight is 335 g/mol. The molecule has 1 aliphatic heterocycles. The van der Waals surface area contributed by atoms with Crippen LogP contribution in [-0.2, 0) is 0 Å². The predicted octanol–water partition coefficient (Wildman–Crippen LogP) is 3.08. The fourth-order valence-electron chi connectivity index (χ4n) is 4.25. The maximum Gasteiger partial charge on any atom is 0.387 e. The van der Waals surface area contributed by atoms with Crippen molar-refractivity contribution in [2.24, 2.45) is 11.8 Å². The SMILES string of the molecule is CN1CC2CC1CC2CC(=O)c1n[nH]c2cc(OC(F)F)ccc12. The molecule has 3 atom stereocenters. The molecule has 0 radical (unpaired) electrons. The van der Waals surface area contributed by atoms with Crippen molar-refractivity contribution < 1.29 is 18.3 Å². The van der Waals surface area contributed by atoms with Crippen LogP contribution >= 0.6 is 0 Å². The molecular formula is C17H19F2N3O2. The smallest absolute Gasteiger partial charge is 0.387 e. The summed E-state index contributed by atoms with van der Waals surface area (Å²) in [5.74, 6) is 1.09. The van der Waals surface area contributed by atoms with E-state index >= 15 is 0 Å². The summed E-state index contributed by atoms with van der Waals surface area (Å²) in [5.41, 5.74) is 0.925. The van der Waals surface area contributed by atoms with Gasteiger partial charge in [0.2, 0.25) is 0 Å². The van der Waals surface area contributed by atoms with E-state index in [4.69, 9.17) is 0 Å². The Balaban J connectivity index is 1.50. The highest BCUT2D eigenvalue weighted by Crippen LogP contribution is 2.43. The minimum atomic E-state index is -2.87. The number of ketones is 1. The van der Waals surface area contributed by atoms with Gasteiger partial charge in [-0.2, -0.15) is 13.9 Å². The second-order valence-corrected chi connectivity index (χ2v) is 6.87. The largest absolute Gasteiger partial charge is 0.435 e. The Morgan fingerprint density at radius 3 is 2.96 bits per heavy atom. The van der Waals surface area contributed by atoms with Gasteiger partial charge in [-0.25, -0.2) is 0 Å². The van der Waals surface area contributed by atoms with Crippen molar-refractivity contribution in [1.29, 1.82) is 0 Å². The Labute approximate surface area is 138 Å². The number of halogens is 2. The number of fused-ring (bicyclic) bond motifs is 3. The van der Waals surface area contributed by atoms with E-state index in [1.807, 2.05) is 0 Å². The first-order valence-electron chi connectivity index (χ1n) is 8.17. The van der Waals surface area contributed by atoms with Crippen LogP contribution in [0.2, 0.25) is 0 Å². The van der Waals surface area contributed by atoms with Gasteiger partial charge in [0, 0.05) is 30.5 Å². The monoisotopic (exact) mass is 335 g/mol. The summed E-state index contributed by atoms with van der Waals surface area (Å²) < 4.78 is 28.9. The number of hydrogen-bond acceptors (Lipinski definition) is 4. The maximum absolute atomic E-state index is 12.6. The quantitative estimate of drug-likeness (QED) is 0.853. The van der Waals surface area contributed by atoms with E-state index in [2.05, 4.69) is 26.9 Å². The van der Waals surface area contributed by atoms with Crippen LogP contribution in [-0.4, -0.2) is 47.1 Å². The first-order chi connectivity index (χ1) is 11.5. The maximum atomic E-state index is 12.6. The van der Waals surface area contributed by atoms with Gasteiger partial charge < -0.3 is 9.64 Å². The molecule has 2 aromatic rings. The lowest BCUT2D eigenvalue weighted by Gasteiger charge is -2.27. The fraction of sp³-hybridized carbons (Fsp3) is 0.529. The Morgan fingerprint density at radius 1 is 1.46 bits per heavy atom. The molecule has 7 heteroatoms. The first kappa shape index (κ1) is 15.5. The van der Waals surface area contributed by atoms with E-state index in [0.717, 1.165) is 13.0 Å². The number of alkyl halides is 2. The fourth-order valence-corrected chi connectivity index (χ4v) is 4.25. The molecule has 1 saturated carbocycles. The molecule has 5 nitrogen and oxygen atoms in total. The Bertz CT molecular complexity index is 774. The average Bonchev–Trinajstić information content (AvgIpc) is 3.19. The number of nitrogens with zero attached hydrogens (tertiary/aromatic N) is 2. The number of aromatic nitrogens is 2. The van der Waals surface area contributed by atoms with Crippen molar-refractivity contribution in [3.05, 3.63) is 23.9 Å². The second kappa shape index (κ2) is 5.81. The van der Waals surface area contributed by atoms with Crippen LogP contribution < -0.4 is 4.74 Å². The van der Waals surface area contributed by atoms with Crippen molar-refractivity contribution >= 4 is 16.7 Å². The zero-order chi connectivity index (χ0) is 16.8. The van der Waals surface area contributed by atoms with Crippen LogP contribution in [0, 0.1) is 11.8 Å². The summed E-state index contributed by atoms with van der Waals surface area (Å²) in [5, 5.41) is 7.51. The molecule has 2 fully saturated rings. The lowest BCUT2D eigenvalue weighted by molar-refractivity contribution is -0.0497. The number of aromatic amines is 1. The number of rotatable bonds is 5. The number of piperidine rings is 1. The zero-order valence-electron chi connectivity index (χ0n) is 13.3. The number of likely N-dealkylation sites (tertiary alicyclic amines) is 1. The van der Waals surface area contributed by atoms with E-state index in [9.17, 15) is 13.6 Å². The number of ether oxygens (including phenoxy) is 1. The Hall–Kier alpha value is -2.02. The molecule has 0 spiro atoms. The van der Waals surface area contributed by atoms with Crippen LogP contribution in [0.15, 0.2) is 18.2 Å². The lowest BCUT2D eigenvalue weighted by atomic mass is 9.89. The third-order valence-corrected chi connectivity index (χ3v) is 5.43. The third-order valence-electron chi connectivity index (χ3n) is 5.43. The lowest BCUT2D eigenvalue weighted by Crippen LogP contribution is -2.32. The molecule has 2 heterocycles. The topological polar surface area (TPSA) is 58.2 Å². The van der Waals surface area contributed by atoms with Gasteiger partial charge in [0.1, 0.15) is 11.4 Å². The second-order valence-electron chi connectivity index (χ2n) is 6.87. The summed E-state index contributed by atoms with van der Waals surface area (Å²) in [6.07, 6.45) is 2.76. The van der Waals surface area contributed by atoms with Crippen molar-refractivity contribution in [2.45, 2.75) is 31.9 Å². The standard InChI is InChI=1S/C17H19F2N3O2/c1-22-8-10-5-11(22)4-9(10)6-15(23)16-13-3-2-12(24-17(18)19)7-14(13)20-21-16/h2-3,7,9-11,17H,4-6,8H2,1H3,(H,20,21). The number of benzene rings is 1. The molecule has 3 unspecified atom stereocenters. The van der Waals surface area contributed by atoms with Crippen molar-refractivity contribution in [3.8, 4) is 5.75 Å². The summed E-state index contributed by atoms with van der Waals surface area (Å²) in [4.78, 5) is 15.0. The number of carbonyl (C=O) groups excluding carboxylic acids is 1. The summed E-state index contributed by atoms with van der Waals surface area (Å²) in [6.45, 7) is -1.81. The molecular weight excluding hydrogens is 316 g/mol. The van der Waals surface area contributed by atoms with E-state index in [1.165, 1.54) is 18.6 Å². The molecule has 24 heavy (non-hydrogen) atoms. The van der Waals surface area contributed by atoms with Crippen molar-refractivity contribution in [1.82, 2.24) is 15.1 Å². The summed E-state index contributed by atoms with van der Waals surface area (Å²) >= 11 is 0. The molecule has 1 aliphatic carbocycles. The molecule has 2 bridgehead atoms. The highest BCUT2D eigenvalue weighted by atomic mass is 19.3. The number of nitrogens with one attached hydrogen (secondary N) is 1. The van der Waals surface area contributed by atoms with Crippen molar-refractivity contribution in [2.75, 3.05) is 13.6 Å². The van der Waals surface area contributed by atoms with Gasteiger partial charge in [-0.15, -0.1) is 0 Å². The van der Waals surface area contributed by atoms with Gasteiger partial charge in [-0.05, 0) is 43.9 Å². The minimum Gasteiger partial charge on any atom is -0.435 e. The van der Waals surface area contributed by atoms with Crippen LogP contribution in [0.4, 0.5) is 8.78 Å². The van der Waals surface area contributed by atoms with Gasteiger partial charge in [-0.1, -0.05) is 0 Å². The molecule has 1 N–H and O–H groups in total. The molecule has 1 aromatic heterocycles. The molecule has 1 aromatic carbocycles.